The Morgan fingerprint density at radius 2 is 1.76 bits per heavy atom. The third kappa shape index (κ3) is 3.39. The van der Waals surface area contributed by atoms with Gasteiger partial charge in [-0.3, -0.25) is 9.59 Å². The third-order valence-corrected chi connectivity index (χ3v) is 5.52. The first-order chi connectivity index (χ1) is 13.9. The zero-order valence-corrected chi connectivity index (χ0v) is 16.3. The standard InChI is InChI=1S/C23H19ClN2O3/c24-19-10-3-1-6-16(19)14-26-20-11-4-2-9-18(20)23(29,22(26)28)13-21(27)15-7-5-8-17(25)12-15/h1-12,29H,13-14,25H2. The average molecular weight is 407 g/mol. The van der Waals surface area contributed by atoms with Crippen LogP contribution in [-0.4, -0.2) is 16.8 Å². The number of nitrogens with zero attached hydrogens (tertiary/aromatic N) is 1. The summed E-state index contributed by atoms with van der Waals surface area (Å²) in [6.07, 6.45) is -0.370. The van der Waals surface area contributed by atoms with Crippen LogP contribution in [0.25, 0.3) is 0 Å². The molecule has 1 amide bonds. The molecule has 0 saturated carbocycles. The quantitative estimate of drug-likeness (QED) is 0.496. The highest BCUT2D eigenvalue weighted by Gasteiger charge is 2.50. The number of benzene rings is 3. The maximum atomic E-state index is 13.3. The molecule has 0 aromatic heterocycles. The molecule has 3 N–H and O–H groups in total. The summed E-state index contributed by atoms with van der Waals surface area (Å²) in [5, 5.41) is 11.9. The van der Waals surface area contributed by atoms with E-state index in [0.717, 1.165) is 5.56 Å². The van der Waals surface area contributed by atoms with Crippen LogP contribution in [0.1, 0.15) is 27.9 Å². The van der Waals surface area contributed by atoms with E-state index in [1.807, 2.05) is 18.2 Å². The van der Waals surface area contributed by atoms with E-state index < -0.39 is 11.5 Å². The predicted molar refractivity (Wildman–Crippen MR) is 113 cm³/mol. The number of hydrogen-bond acceptors (Lipinski definition) is 4. The molecule has 4 rings (SSSR count). The zero-order valence-electron chi connectivity index (χ0n) is 15.5. The van der Waals surface area contributed by atoms with Crippen LogP contribution in [0.3, 0.4) is 0 Å². The number of fused-ring (bicyclic) bond motifs is 1. The summed E-state index contributed by atoms with van der Waals surface area (Å²) < 4.78 is 0. The number of aliphatic hydroxyl groups is 1. The lowest BCUT2D eigenvalue weighted by Gasteiger charge is -2.23. The van der Waals surface area contributed by atoms with Gasteiger partial charge in [-0.1, -0.05) is 60.1 Å². The molecule has 0 fully saturated rings. The first-order valence-corrected chi connectivity index (χ1v) is 9.54. The number of amides is 1. The van der Waals surface area contributed by atoms with Crippen molar-refractivity contribution in [3.05, 3.63) is 94.5 Å². The van der Waals surface area contributed by atoms with Gasteiger partial charge in [-0.15, -0.1) is 0 Å². The first-order valence-electron chi connectivity index (χ1n) is 9.16. The number of nitrogens with two attached hydrogens (primary N) is 1. The summed E-state index contributed by atoms with van der Waals surface area (Å²) in [6, 6.07) is 20.7. The molecule has 5 nitrogen and oxygen atoms in total. The highest BCUT2D eigenvalue weighted by molar-refractivity contribution is 6.31. The lowest BCUT2D eigenvalue weighted by atomic mass is 9.88. The van der Waals surface area contributed by atoms with E-state index in [4.69, 9.17) is 17.3 Å². The van der Waals surface area contributed by atoms with Crippen molar-refractivity contribution in [2.75, 3.05) is 10.6 Å². The van der Waals surface area contributed by atoms with Crippen molar-refractivity contribution in [1.29, 1.82) is 0 Å². The molecule has 1 aliphatic rings. The largest absolute Gasteiger partial charge is 0.399 e. The van der Waals surface area contributed by atoms with Gasteiger partial charge in [0.15, 0.2) is 11.4 Å². The summed E-state index contributed by atoms with van der Waals surface area (Å²) >= 11 is 6.26. The Balaban J connectivity index is 1.70. The molecule has 0 aliphatic carbocycles. The fourth-order valence-electron chi connectivity index (χ4n) is 3.68. The molecular weight excluding hydrogens is 388 g/mol. The fourth-order valence-corrected chi connectivity index (χ4v) is 3.87. The normalized spacial score (nSPS) is 18.0. The van der Waals surface area contributed by atoms with E-state index in [2.05, 4.69) is 0 Å². The van der Waals surface area contributed by atoms with E-state index in [0.29, 0.717) is 27.5 Å². The number of carbonyl (C=O) groups is 2. The van der Waals surface area contributed by atoms with Gasteiger partial charge in [0.25, 0.3) is 5.91 Å². The van der Waals surface area contributed by atoms with Crippen molar-refractivity contribution < 1.29 is 14.7 Å². The lowest BCUT2D eigenvalue weighted by molar-refractivity contribution is -0.136. The molecular formula is C23H19ClN2O3. The van der Waals surface area contributed by atoms with Gasteiger partial charge in [-0.25, -0.2) is 0 Å². The van der Waals surface area contributed by atoms with E-state index >= 15 is 0 Å². The molecule has 1 unspecified atom stereocenters. The molecule has 0 radical (unpaired) electrons. The van der Waals surface area contributed by atoms with Gasteiger partial charge in [0.2, 0.25) is 0 Å². The third-order valence-electron chi connectivity index (χ3n) is 5.15. The average Bonchev–Trinajstić information content (AvgIpc) is 2.92. The monoisotopic (exact) mass is 406 g/mol. The van der Waals surface area contributed by atoms with E-state index in [1.165, 1.54) is 4.90 Å². The van der Waals surface area contributed by atoms with Crippen molar-refractivity contribution in [1.82, 2.24) is 0 Å². The predicted octanol–water partition coefficient (Wildman–Crippen LogP) is 3.93. The second-order valence-corrected chi connectivity index (χ2v) is 7.49. The minimum Gasteiger partial charge on any atom is -0.399 e. The van der Waals surface area contributed by atoms with Crippen LogP contribution in [0.4, 0.5) is 11.4 Å². The Kier molecular flexibility index (Phi) is 4.86. The summed E-state index contributed by atoms with van der Waals surface area (Å²) in [7, 11) is 0. The summed E-state index contributed by atoms with van der Waals surface area (Å²) in [4.78, 5) is 27.6. The molecule has 6 heteroatoms. The molecule has 29 heavy (non-hydrogen) atoms. The highest BCUT2D eigenvalue weighted by atomic mass is 35.5. The van der Waals surface area contributed by atoms with Crippen molar-refractivity contribution in [2.45, 2.75) is 18.6 Å². The zero-order chi connectivity index (χ0) is 20.6. The van der Waals surface area contributed by atoms with Crippen LogP contribution in [0, 0.1) is 0 Å². The van der Waals surface area contributed by atoms with Crippen LogP contribution < -0.4 is 10.6 Å². The Bertz CT molecular complexity index is 1110. The number of carbonyl (C=O) groups excluding carboxylic acids is 2. The lowest BCUT2D eigenvalue weighted by Crippen LogP contribution is -2.41. The SMILES string of the molecule is Nc1cccc(C(=O)CC2(O)C(=O)N(Cc3ccccc3Cl)c3ccccc32)c1. The second-order valence-electron chi connectivity index (χ2n) is 7.09. The number of para-hydroxylation sites is 1. The molecule has 1 aliphatic heterocycles. The van der Waals surface area contributed by atoms with E-state index in [9.17, 15) is 14.7 Å². The van der Waals surface area contributed by atoms with Crippen LogP contribution >= 0.6 is 11.6 Å². The minimum absolute atomic E-state index is 0.199. The second kappa shape index (κ2) is 7.35. The smallest absolute Gasteiger partial charge is 0.264 e. The maximum Gasteiger partial charge on any atom is 0.264 e. The van der Waals surface area contributed by atoms with Gasteiger partial charge in [-0.05, 0) is 29.8 Å². The Morgan fingerprint density at radius 3 is 2.52 bits per heavy atom. The highest BCUT2D eigenvalue weighted by Crippen LogP contribution is 2.43. The fraction of sp³-hybridized carbons (Fsp3) is 0.130. The van der Waals surface area contributed by atoms with Gasteiger partial charge in [0, 0.05) is 21.8 Å². The topological polar surface area (TPSA) is 83.6 Å². The number of ketones is 1. The van der Waals surface area contributed by atoms with Crippen LogP contribution in [0.15, 0.2) is 72.8 Å². The summed E-state index contributed by atoms with van der Waals surface area (Å²) in [6.45, 7) is 0.199. The number of anilines is 2. The molecule has 3 aromatic carbocycles. The summed E-state index contributed by atoms with van der Waals surface area (Å²) in [5.41, 5.74) is 6.35. The molecule has 0 bridgehead atoms. The minimum atomic E-state index is -1.94. The Morgan fingerprint density at radius 1 is 1.03 bits per heavy atom. The first kappa shape index (κ1) is 19.2. The van der Waals surface area contributed by atoms with Gasteiger partial charge >= 0.3 is 0 Å². The molecule has 0 saturated heterocycles. The maximum absolute atomic E-state index is 13.3. The van der Waals surface area contributed by atoms with Gasteiger partial charge in [-0.2, -0.15) is 0 Å². The van der Waals surface area contributed by atoms with Crippen molar-refractivity contribution in [3.63, 3.8) is 0 Å². The van der Waals surface area contributed by atoms with E-state index in [1.54, 1.807) is 54.6 Å². The molecule has 3 aromatic rings. The van der Waals surface area contributed by atoms with Crippen LogP contribution in [0.2, 0.25) is 5.02 Å². The van der Waals surface area contributed by atoms with Crippen LogP contribution in [-0.2, 0) is 16.9 Å². The van der Waals surface area contributed by atoms with Gasteiger partial charge in [0.05, 0.1) is 18.7 Å². The summed E-state index contributed by atoms with van der Waals surface area (Å²) in [5.74, 6) is -0.904. The Hall–Kier alpha value is -3.15. The van der Waals surface area contributed by atoms with Crippen molar-refractivity contribution in [3.8, 4) is 0 Å². The number of hydrogen-bond donors (Lipinski definition) is 2. The van der Waals surface area contributed by atoms with Gasteiger partial charge in [0.1, 0.15) is 0 Å². The molecule has 1 heterocycles. The van der Waals surface area contributed by atoms with Crippen molar-refractivity contribution in [2.24, 2.45) is 0 Å². The van der Waals surface area contributed by atoms with Crippen molar-refractivity contribution >= 4 is 34.7 Å². The number of halogens is 1. The number of nitrogen functional groups attached to an aromatic ring is 1. The molecule has 0 spiro atoms. The molecule has 1 atom stereocenters. The number of rotatable bonds is 5. The van der Waals surface area contributed by atoms with Crippen LogP contribution in [0.5, 0.6) is 0 Å². The number of Topliss-reactive ketones (excluding diaryl/α,β-unsaturated/α-hetero) is 1. The van der Waals surface area contributed by atoms with Gasteiger partial charge < -0.3 is 15.7 Å². The molecule has 146 valence electrons. The Labute approximate surface area is 173 Å². The van der Waals surface area contributed by atoms with E-state index in [-0.39, 0.29) is 18.7 Å².